The number of benzene rings is 2. The highest BCUT2D eigenvalue weighted by molar-refractivity contribution is 7.09. The summed E-state index contributed by atoms with van der Waals surface area (Å²) < 4.78 is 19.3. The number of thiophene rings is 1. The first-order valence-corrected chi connectivity index (χ1v) is 13.4. The molecule has 1 saturated carbocycles. The summed E-state index contributed by atoms with van der Waals surface area (Å²) in [6, 6.07) is 20.3. The maximum absolute atomic E-state index is 13.6. The first-order valence-electron chi connectivity index (χ1n) is 12.6. The summed E-state index contributed by atoms with van der Waals surface area (Å²) in [4.78, 5) is 31.8. The van der Waals surface area contributed by atoms with Crippen LogP contribution in [0.4, 0.5) is 4.39 Å². The van der Waals surface area contributed by atoms with Crippen LogP contribution in [0.2, 0.25) is 0 Å². The van der Waals surface area contributed by atoms with Crippen molar-refractivity contribution in [1.82, 2.24) is 9.80 Å². The molecular weight excluding hydrogens is 475 g/mol. The van der Waals surface area contributed by atoms with E-state index in [1.54, 1.807) is 33.3 Å². The molecule has 3 atom stereocenters. The molecule has 0 N–H and O–H groups in total. The fourth-order valence-corrected chi connectivity index (χ4v) is 5.65. The van der Waals surface area contributed by atoms with Crippen molar-refractivity contribution in [3.63, 3.8) is 0 Å². The van der Waals surface area contributed by atoms with E-state index in [0.717, 1.165) is 29.7 Å². The van der Waals surface area contributed by atoms with Gasteiger partial charge in [0, 0.05) is 30.5 Å². The number of ether oxygens (including phenoxy) is 1. The molecular formula is C29H31FN2O3S. The van der Waals surface area contributed by atoms with Crippen molar-refractivity contribution >= 4 is 23.2 Å². The second kappa shape index (κ2) is 11.4. The lowest BCUT2D eigenvalue weighted by molar-refractivity contribution is -0.143. The van der Waals surface area contributed by atoms with Gasteiger partial charge >= 0.3 is 0 Å². The number of carbonyl (C=O) groups is 2. The Labute approximate surface area is 215 Å². The number of nitrogens with zero attached hydrogens (tertiary/aromatic N) is 2. The molecule has 2 aliphatic rings. The molecule has 2 amide bonds. The summed E-state index contributed by atoms with van der Waals surface area (Å²) in [6.45, 7) is 1.96. The number of rotatable bonds is 10. The summed E-state index contributed by atoms with van der Waals surface area (Å²) in [7, 11) is 0. The van der Waals surface area contributed by atoms with Crippen LogP contribution < -0.4 is 0 Å². The van der Waals surface area contributed by atoms with E-state index < -0.39 is 0 Å². The van der Waals surface area contributed by atoms with E-state index in [0.29, 0.717) is 26.2 Å². The smallest absolute Gasteiger partial charge is 0.242 e. The second-order valence-electron chi connectivity index (χ2n) is 9.67. The molecule has 3 unspecified atom stereocenters. The zero-order valence-corrected chi connectivity index (χ0v) is 21.0. The minimum atomic E-state index is -0.305. The standard InChI is InChI=1S/C29H31FN2O3S/c30-23-12-10-21(11-13-23)17-31(19-25-9-5-15-36-25)28(33)20-32(18-24-8-4-14-35-24)29(34)27-16-26(27)22-6-2-1-3-7-22/h1-3,5-7,9-13,15,24,26-27H,4,8,14,16-20H2. The number of hydrogen-bond acceptors (Lipinski definition) is 4. The van der Waals surface area contributed by atoms with Crippen LogP contribution in [0.5, 0.6) is 0 Å². The van der Waals surface area contributed by atoms with E-state index in [2.05, 4.69) is 12.1 Å². The average molecular weight is 507 g/mol. The summed E-state index contributed by atoms with van der Waals surface area (Å²) in [5.74, 6) is -0.270. The van der Waals surface area contributed by atoms with Gasteiger partial charge in [0.2, 0.25) is 11.8 Å². The molecule has 0 bridgehead atoms. The van der Waals surface area contributed by atoms with Crippen molar-refractivity contribution in [2.75, 3.05) is 19.7 Å². The Morgan fingerprint density at radius 1 is 0.972 bits per heavy atom. The predicted molar refractivity (Wildman–Crippen MR) is 138 cm³/mol. The van der Waals surface area contributed by atoms with Crippen LogP contribution in [-0.2, 0) is 27.4 Å². The third-order valence-electron chi connectivity index (χ3n) is 6.99. The van der Waals surface area contributed by atoms with Gasteiger partial charge in [-0.25, -0.2) is 4.39 Å². The van der Waals surface area contributed by atoms with Crippen molar-refractivity contribution in [3.05, 3.63) is 93.9 Å². The van der Waals surface area contributed by atoms with Gasteiger partial charge in [-0.15, -0.1) is 11.3 Å². The first kappa shape index (κ1) is 24.7. The molecule has 5 nitrogen and oxygen atoms in total. The zero-order chi connectivity index (χ0) is 24.9. The topological polar surface area (TPSA) is 49.9 Å². The first-order chi connectivity index (χ1) is 17.6. The summed E-state index contributed by atoms with van der Waals surface area (Å²) in [5.41, 5.74) is 2.03. The highest BCUT2D eigenvalue weighted by Crippen LogP contribution is 2.48. The summed E-state index contributed by atoms with van der Waals surface area (Å²) >= 11 is 1.59. The third-order valence-corrected chi connectivity index (χ3v) is 7.85. The van der Waals surface area contributed by atoms with Crippen molar-refractivity contribution in [2.24, 2.45) is 5.92 Å². The Bertz CT molecular complexity index is 1150. The number of carbonyl (C=O) groups excluding carboxylic acids is 2. The normalized spacial score (nSPS) is 20.8. The third kappa shape index (κ3) is 6.20. The monoisotopic (exact) mass is 506 g/mol. The molecule has 2 fully saturated rings. The van der Waals surface area contributed by atoms with Crippen LogP contribution >= 0.6 is 11.3 Å². The molecule has 36 heavy (non-hydrogen) atoms. The minimum absolute atomic E-state index is 0.0171. The van der Waals surface area contributed by atoms with Crippen LogP contribution in [0.25, 0.3) is 0 Å². The Morgan fingerprint density at radius 2 is 1.78 bits per heavy atom. The van der Waals surface area contributed by atoms with Crippen molar-refractivity contribution < 1.29 is 18.7 Å². The van der Waals surface area contributed by atoms with E-state index in [9.17, 15) is 14.0 Å². The van der Waals surface area contributed by atoms with Gasteiger partial charge in [0.05, 0.1) is 19.2 Å². The van der Waals surface area contributed by atoms with Gasteiger partial charge in [-0.3, -0.25) is 9.59 Å². The lowest BCUT2D eigenvalue weighted by Crippen LogP contribution is -2.46. The number of hydrogen-bond donors (Lipinski definition) is 0. The highest BCUT2D eigenvalue weighted by Gasteiger charge is 2.46. The fraction of sp³-hybridized carbons (Fsp3) is 0.379. The zero-order valence-electron chi connectivity index (χ0n) is 20.2. The molecule has 1 aliphatic carbocycles. The minimum Gasteiger partial charge on any atom is -0.376 e. The maximum Gasteiger partial charge on any atom is 0.242 e. The lowest BCUT2D eigenvalue weighted by atomic mass is 10.1. The fourth-order valence-electron chi connectivity index (χ4n) is 4.93. The summed E-state index contributed by atoms with van der Waals surface area (Å²) in [6.07, 6.45) is 2.66. The van der Waals surface area contributed by atoms with E-state index in [1.165, 1.54) is 17.7 Å². The predicted octanol–water partition coefficient (Wildman–Crippen LogP) is 5.23. The number of amides is 2. The molecule has 188 valence electrons. The summed E-state index contributed by atoms with van der Waals surface area (Å²) in [5, 5.41) is 1.99. The molecule has 1 saturated heterocycles. The van der Waals surface area contributed by atoms with Gasteiger partial charge in [0.1, 0.15) is 5.82 Å². The Balaban J connectivity index is 1.31. The van der Waals surface area contributed by atoms with Crippen LogP contribution in [0.1, 0.15) is 41.2 Å². The molecule has 0 radical (unpaired) electrons. The van der Waals surface area contributed by atoms with Gasteiger partial charge in [-0.1, -0.05) is 48.5 Å². The number of halogens is 1. The molecule has 2 aromatic carbocycles. The van der Waals surface area contributed by atoms with Gasteiger partial charge < -0.3 is 14.5 Å². The van der Waals surface area contributed by atoms with E-state index >= 15 is 0 Å². The second-order valence-corrected chi connectivity index (χ2v) is 10.7. The molecule has 3 aromatic rings. The van der Waals surface area contributed by atoms with Crippen molar-refractivity contribution in [2.45, 2.75) is 44.4 Å². The molecule has 1 aromatic heterocycles. The highest BCUT2D eigenvalue weighted by atomic mass is 32.1. The van der Waals surface area contributed by atoms with Gasteiger partial charge in [-0.05, 0) is 59.9 Å². The van der Waals surface area contributed by atoms with E-state index in [4.69, 9.17) is 4.74 Å². The molecule has 5 rings (SSSR count). The molecule has 7 heteroatoms. The van der Waals surface area contributed by atoms with Crippen molar-refractivity contribution in [3.8, 4) is 0 Å². The van der Waals surface area contributed by atoms with E-state index in [-0.39, 0.29) is 42.1 Å². The van der Waals surface area contributed by atoms with Crippen LogP contribution in [0, 0.1) is 11.7 Å². The van der Waals surface area contributed by atoms with Crippen LogP contribution in [0.3, 0.4) is 0 Å². The quantitative estimate of drug-likeness (QED) is 0.379. The molecule has 2 heterocycles. The lowest BCUT2D eigenvalue weighted by Gasteiger charge is -2.29. The Hall–Kier alpha value is -3.03. The van der Waals surface area contributed by atoms with Crippen molar-refractivity contribution in [1.29, 1.82) is 0 Å². The Kier molecular flexibility index (Phi) is 7.78. The largest absolute Gasteiger partial charge is 0.376 e. The maximum atomic E-state index is 13.6. The average Bonchev–Trinajstić information content (AvgIpc) is 3.23. The van der Waals surface area contributed by atoms with Crippen LogP contribution in [-0.4, -0.2) is 47.4 Å². The van der Waals surface area contributed by atoms with Crippen LogP contribution in [0.15, 0.2) is 72.1 Å². The van der Waals surface area contributed by atoms with Gasteiger partial charge in [0.25, 0.3) is 0 Å². The SMILES string of the molecule is O=C(CN(CC1CCCO1)C(=O)C1CC1c1ccccc1)N(Cc1ccc(F)cc1)Cc1cccs1. The van der Waals surface area contributed by atoms with Gasteiger partial charge in [0.15, 0.2) is 0 Å². The van der Waals surface area contributed by atoms with E-state index in [1.807, 2.05) is 35.7 Å². The molecule has 1 aliphatic heterocycles. The van der Waals surface area contributed by atoms with Gasteiger partial charge in [-0.2, -0.15) is 0 Å². The Morgan fingerprint density at radius 3 is 2.47 bits per heavy atom. The molecule has 0 spiro atoms.